The van der Waals surface area contributed by atoms with Gasteiger partial charge in [0.1, 0.15) is 0 Å². The Hall–Kier alpha value is -1.46. The number of nitrogens with one attached hydrogen (secondary N) is 3. The Kier molecular flexibility index (Phi) is 3.71. The summed E-state index contributed by atoms with van der Waals surface area (Å²) in [6.45, 7) is 0.402. The first-order valence-corrected chi connectivity index (χ1v) is 5.86. The molecule has 17 heavy (non-hydrogen) atoms. The van der Waals surface area contributed by atoms with Crippen LogP contribution in [0.2, 0.25) is 5.02 Å². The van der Waals surface area contributed by atoms with Crippen molar-refractivity contribution in [1.82, 2.24) is 15.3 Å². The predicted molar refractivity (Wildman–Crippen MR) is 68.8 cm³/mol. The number of nitrogens with zero attached hydrogens (tertiary/aromatic N) is 1. The van der Waals surface area contributed by atoms with E-state index in [0.717, 1.165) is 11.0 Å². The molecule has 0 spiro atoms. The Bertz CT molecular complexity index is 540. The molecule has 0 fully saturated rings. The fourth-order valence-electron chi connectivity index (χ4n) is 1.35. The molecule has 0 aliphatic carbocycles. The lowest BCUT2D eigenvalue weighted by Crippen LogP contribution is -2.30. The highest BCUT2D eigenvalue weighted by molar-refractivity contribution is 6.31. The summed E-state index contributed by atoms with van der Waals surface area (Å²) in [6.07, 6.45) is 0. The second-order valence-electron chi connectivity index (χ2n) is 3.32. The van der Waals surface area contributed by atoms with Crippen LogP contribution in [0, 0.1) is 0 Å². The molecule has 0 atom stereocenters. The molecule has 5 nitrogen and oxygen atoms in total. The van der Waals surface area contributed by atoms with Gasteiger partial charge < -0.3 is 10.3 Å². The van der Waals surface area contributed by atoms with Crippen molar-refractivity contribution in [1.29, 1.82) is 0 Å². The summed E-state index contributed by atoms with van der Waals surface area (Å²) in [5.74, 6) is 0.734. The van der Waals surface area contributed by atoms with Crippen molar-refractivity contribution in [3.05, 3.63) is 23.2 Å². The number of amides is 2. The Labute approximate surface area is 108 Å². The van der Waals surface area contributed by atoms with Gasteiger partial charge in [-0.2, -0.15) is 0 Å². The standard InChI is InChI=1S/C10H10Cl2N4O/c11-3-4-13-10(17)16-9-14-7-2-1-6(12)5-8(7)15-9/h1-2,5H,3-4H2,(H3,13,14,15,16,17). The zero-order valence-electron chi connectivity index (χ0n) is 8.76. The summed E-state index contributed by atoms with van der Waals surface area (Å²) >= 11 is 11.3. The third-order valence-electron chi connectivity index (χ3n) is 2.06. The van der Waals surface area contributed by atoms with E-state index in [1.165, 1.54) is 0 Å². The summed E-state index contributed by atoms with van der Waals surface area (Å²) in [5.41, 5.74) is 1.51. The lowest BCUT2D eigenvalue weighted by atomic mass is 10.3. The van der Waals surface area contributed by atoms with Crippen molar-refractivity contribution in [3.8, 4) is 0 Å². The number of urea groups is 1. The number of H-pyrrole nitrogens is 1. The molecule has 1 heterocycles. The van der Waals surface area contributed by atoms with Gasteiger partial charge in [-0.1, -0.05) is 11.6 Å². The molecule has 0 saturated carbocycles. The average Bonchev–Trinajstić information content (AvgIpc) is 2.67. The van der Waals surface area contributed by atoms with Crippen LogP contribution in [0.25, 0.3) is 11.0 Å². The molecule has 7 heteroatoms. The van der Waals surface area contributed by atoms with Crippen molar-refractivity contribution in [3.63, 3.8) is 0 Å². The third kappa shape index (κ3) is 3.01. The maximum atomic E-state index is 11.3. The minimum absolute atomic E-state index is 0.351. The van der Waals surface area contributed by atoms with E-state index in [4.69, 9.17) is 23.2 Å². The van der Waals surface area contributed by atoms with Crippen molar-refractivity contribution in [2.24, 2.45) is 0 Å². The summed E-state index contributed by atoms with van der Waals surface area (Å²) < 4.78 is 0. The van der Waals surface area contributed by atoms with E-state index >= 15 is 0 Å². The number of imidazole rings is 1. The third-order valence-corrected chi connectivity index (χ3v) is 2.48. The van der Waals surface area contributed by atoms with Crippen molar-refractivity contribution in [2.75, 3.05) is 17.7 Å². The lowest BCUT2D eigenvalue weighted by Gasteiger charge is -2.02. The number of anilines is 1. The quantitative estimate of drug-likeness (QED) is 0.752. The minimum Gasteiger partial charge on any atom is -0.337 e. The Morgan fingerprint density at radius 3 is 3.06 bits per heavy atom. The van der Waals surface area contributed by atoms with Gasteiger partial charge in [0.15, 0.2) is 0 Å². The van der Waals surface area contributed by atoms with Crippen LogP contribution < -0.4 is 10.6 Å². The summed E-state index contributed by atoms with van der Waals surface area (Å²) in [5, 5.41) is 5.75. The number of rotatable bonds is 3. The zero-order valence-corrected chi connectivity index (χ0v) is 10.3. The van der Waals surface area contributed by atoms with Crippen LogP contribution in [0.3, 0.4) is 0 Å². The van der Waals surface area contributed by atoms with Crippen molar-refractivity contribution >= 4 is 46.2 Å². The highest BCUT2D eigenvalue weighted by Gasteiger charge is 2.06. The number of carbonyl (C=O) groups is 1. The first kappa shape index (κ1) is 12.0. The molecule has 1 aromatic heterocycles. The fraction of sp³-hybridized carbons (Fsp3) is 0.200. The van der Waals surface area contributed by atoms with Gasteiger partial charge in [-0.3, -0.25) is 5.32 Å². The van der Waals surface area contributed by atoms with E-state index in [0.29, 0.717) is 23.4 Å². The van der Waals surface area contributed by atoms with E-state index in [9.17, 15) is 4.79 Å². The van der Waals surface area contributed by atoms with Gasteiger partial charge in [-0.05, 0) is 18.2 Å². The molecule has 0 bridgehead atoms. The van der Waals surface area contributed by atoms with Crippen LogP contribution in [0.5, 0.6) is 0 Å². The molecule has 0 radical (unpaired) electrons. The topological polar surface area (TPSA) is 69.8 Å². The van der Waals surface area contributed by atoms with Crippen LogP contribution in [0.4, 0.5) is 10.7 Å². The largest absolute Gasteiger partial charge is 0.337 e. The smallest absolute Gasteiger partial charge is 0.321 e. The second-order valence-corrected chi connectivity index (χ2v) is 4.13. The van der Waals surface area contributed by atoms with Crippen molar-refractivity contribution in [2.45, 2.75) is 0 Å². The summed E-state index contributed by atoms with van der Waals surface area (Å²) in [4.78, 5) is 18.5. The molecule has 2 amide bonds. The van der Waals surface area contributed by atoms with Crippen LogP contribution in [-0.2, 0) is 0 Å². The van der Waals surface area contributed by atoms with E-state index < -0.39 is 0 Å². The molecule has 2 rings (SSSR count). The van der Waals surface area contributed by atoms with Crippen LogP contribution >= 0.6 is 23.2 Å². The molecule has 0 unspecified atom stereocenters. The number of aromatic nitrogens is 2. The van der Waals surface area contributed by atoms with Gasteiger partial charge >= 0.3 is 6.03 Å². The van der Waals surface area contributed by atoms with E-state index in [1.807, 2.05) is 0 Å². The number of hydrogen-bond donors (Lipinski definition) is 3. The normalized spacial score (nSPS) is 10.5. The average molecular weight is 273 g/mol. The maximum Gasteiger partial charge on any atom is 0.321 e. The summed E-state index contributed by atoms with van der Waals surface area (Å²) in [6, 6.07) is 4.90. The van der Waals surface area contributed by atoms with Crippen LogP contribution in [-0.4, -0.2) is 28.4 Å². The predicted octanol–water partition coefficient (Wildman–Crippen LogP) is 2.58. The molecular weight excluding hydrogens is 263 g/mol. The number of aromatic amines is 1. The van der Waals surface area contributed by atoms with E-state index in [-0.39, 0.29) is 6.03 Å². The number of carbonyl (C=O) groups excluding carboxylic acids is 1. The maximum absolute atomic E-state index is 11.3. The summed E-state index contributed by atoms with van der Waals surface area (Å²) in [7, 11) is 0. The van der Waals surface area contributed by atoms with Gasteiger partial charge in [-0.25, -0.2) is 9.78 Å². The molecule has 3 N–H and O–H groups in total. The Morgan fingerprint density at radius 2 is 2.29 bits per heavy atom. The van der Waals surface area contributed by atoms with Gasteiger partial charge in [0.05, 0.1) is 11.0 Å². The number of fused-ring (bicyclic) bond motifs is 1. The number of benzene rings is 1. The molecule has 0 saturated heterocycles. The van der Waals surface area contributed by atoms with E-state index in [2.05, 4.69) is 20.6 Å². The molecule has 0 aliphatic rings. The number of hydrogen-bond acceptors (Lipinski definition) is 2. The first-order chi connectivity index (χ1) is 8.19. The SMILES string of the molecule is O=C(NCCCl)Nc1nc2ccc(Cl)cc2[nH]1. The highest BCUT2D eigenvalue weighted by atomic mass is 35.5. The lowest BCUT2D eigenvalue weighted by molar-refractivity contribution is 0.252. The van der Waals surface area contributed by atoms with Crippen molar-refractivity contribution < 1.29 is 4.79 Å². The highest BCUT2D eigenvalue weighted by Crippen LogP contribution is 2.18. The molecule has 0 aliphatic heterocycles. The van der Waals surface area contributed by atoms with E-state index in [1.54, 1.807) is 18.2 Å². The van der Waals surface area contributed by atoms with Gasteiger partial charge in [0, 0.05) is 17.4 Å². The second kappa shape index (κ2) is 5.25. The minimum atomic E-state index is -0.351. The molecule has 1 aromatic carbocycles. The molecule has 2 aromatic rings. The Balaban J connectivity index is 2.11. The first-order valence-electron chi connectivity index (χ1n) is 4.95. The fourth-order valence-corrected chi connectivity index (χ4v) is 1.62. The number of halogens is 2. The monoisotopic (exact) mass is 272 g/mol. The number of alkyl halides is 1. The van der Waals surface area contributed by atoms with Gasteiger partial charge in [-0.15, -0.1) is 11.6 Å². The molecule has 90 valence electrons. The Morgan fingerprint density at radius 1 is 1.47 bits per heavy atom. The molecular formula is C10H10Cl2N4O. The van der Waals surface area contributed by atoms with Gasteiger partial charge in [0.25, 0.3) is 0 Å². The van der Waals surface area contributed by atoms with Crippen LogP contribution in [0.1, 0.15) is 0 Å². The zero-order chi connectivity index (χ0) is 12.3. The van der Waals surface area contributed by atoms with Crippen LogP contribution in [0.15, 0.2) is 18.2 Å². The van der Waals surface area contributed by atoms with Gasteiger partial charge in [0.2, 0.25) is 5.95 Å².